The molecule has 4 heteroatoms. The lowest BCUT2D eigenvalue weighted by Crippen LogP contribution is -2.49. The van der Waals surface area contributed by atoms with Gasteiger partial charge < -0.3 is 0 Å². The summed E-state index contributed by atoms with van der Waals surface area (Å²) in [6.07, 6.45) is 5.19. The number of hydrogen-bond acceptors (Lipinski definition) is 1. The van der Waals surface area contributed by atoms with Gasteiger partial charge in [-0.1, -0.05) is 36.4 Å². The quantitative estimate of drug-likeness (QED) is 0.505. The zero-order chi connectivity index (χ0) is 14.7. The van der Waals surface area contributed by atoms with Crippen molar-refractivity contribution in [3.8, 4) is 0 Å². The van der Waals surface area contributed by atoms with E-state index in [-0.39, 0.29) is 0 Å². The fourth-order valence-electron chi connectivity index (χ4n) is 2.70. The van der Waals surface area contributed by atoms with Crippen LogP contribution in [0.1, 0.15) is 16.4 Å². The Morgan fingerprint density at radius 1 is 1.19 bits per heavy atom. The van der Waals surface area contributed by atoms with Crippen LogP contribution in [-0.4, -0.2) is 11.8 Å². The molecule has 2 aromatic heterocycles. The highest BCUT2D eigenvalue weighted by molar-refractivity contribution is 7.10. The Balaban J connectivity index is 1.84. The van der Waals surface area contributed by atoms with Crippen LogP contribution in [0.15, 0.2) is 60.2 Å². The standard InChI is InChI=1S/C17H19BN2S/c1-19-10-11-20(2)17(19)18-13-15(16-9-6-12-21-16)14-7-4-3-5-8-14/h3-12,15H,13H2,1-2H3. The highest BCUT2D eigenvalue weighted by Gasteiger charge is 2.11. The summed E-state index contributed by atoms with van der Waals surface area (Å²) >= 11 is 1.84. The molecular formula is C17H19BN2S. The number of benzene rings is 1. The van der Waals surface area contributed by atoms with E-state index < -0.39 is 0 Å². The van der Waals surface area contributed by atoms with Crippen molar-refractivity contribution in [2.75, 3.05) is 0 Å². The van der Waals surface area contributed by atoms with E-state index in [1.54, 1.807) is 0 Å². The second-order valence-electron chi connectivity index (χ2n) is 5.30. The molecule has 106 valence electrons. The summed E-state index contributed by atoms with van der Waals surface area (Å²) in [5, 5.41) is 2.16. The molecule has 1 unspecified atom stereocenters. The first-order valence-corrected chi connectivity index (χ1v) is 8.06. The molecule has 0 aliphatic heterocycles. The van der Waals surface area contributed by atoms with Crippen LogP contribution >= 0.6 is 11.3 Å². The van der Waals surface area contributed by atoms with Gasteiger partial charge in [0.15, 0.2) is 0 Å². The van der Waals surface area contributed by atoms with Crippen LogP contribution in [-0.2, 0) is 14.1 Å². The van der Waals surface area contributed by atoms with E-state index in [2.05, 4.69) is 90.7 Å². The second kappa shape index (κ2) is 6.31. The lowest BCUT2D eigenvalue weighted by atomic mass is 9.66. The van der Waals surface area contributed by atoms with Gasteiger partial charge in [-0.2, -0.15) is 7.28 Å². The van der Waals surface area contributed by atoms with Crippen molar-refractivity contribution in [1.82, 2.24) is 4.57 Å². The third kappa shape index (κ3) is 3.11. The van der Waals surface area contributed by atoms with E-state index in [0.29, 0.717) is 5.92 Å². The highest BCUT2D eigenvalue weighted by atomic mass is 32.1. The van der Waals surface area contributed by atoms with Gasteiger partial charge in [0.1, 0.15) is 12.4 Å². The Morgan fingerprint density at radius 3 is 2.62 bits per heavy atom. The first-order valence-electron chi connectivity index (χ1n) is 7.18. The van der Waals surface area contributed by atoms with Gasteiger partial charge in [-0.05, 0) is 22.9 Å². The summed E-state index contributed by atoms with van der Waals surface area (Å²) in [6, 6.07) is 15.2. The van der Waals surface area contributed by atoms with Crippen LogP contribution in [0.4, 0.5) is 0 Å². The average Bonchev–Trinajstić information content (AvgIpc) is 3.13. The van der Waals surface area contributed by atoms with Gasteiger partial charge >= 0.3 is 0 Å². The number of aromatic nitrogens is 2. The van der Waals surface area contributed by atoms with Crippen LogP contribution in [0.3, 0.4) is 0 Å². The zero-order valence-corrected chi connectivity index (χ0v) is 13.3. The minimum absolute atomic E-state index is 0.432. The first-order chi connectivity index (χ1) is 10.3. The number of imidazole rings is 1. The topological polar surface area (TPSA) is 8.81 Å². The lowest BCUT2D eigenvalue weighted by Gasteiger charge is -2.22. The van der Waals surface area contributed by atoms with Gasteiger partial charge in [-0.3, -0.25) is 9.13 Å². The number of hydrogen-bond donors (Lipinski definition) is 0. The van der Waals surface area contributed by atoms with Crippen LogP contribution < -0.4 is 10.3 Å². The Morgan fingerprint density at radius 2 is 2.00 bits per heavy atom. The summed E-state index contributed by atoms with van der Waals surface area (Å²) in [4.78, 5) is 1.43. The van der Waals surface area contributed by atoms with Gasteiger partial charge in [0.05, 0.1) is 14.1 Å². The Hall–Kier alpha value is -1.81. The third-order valence-electron chi connectivity index (χ3n) is 3.86. The Bertz CT molecular complexity index is 669. The molecule has 0 saturated heterocycles. The summed E-state index contributed by atoms with van der Waals surface area (Å²) in [7, 11) is 6.51. The van der Waals surface area contributed by atoms with Crippen molar-refractivity contribution in [3.63, 3.8) is 0 Å². The fraction of sp³-hybridized carbons (Fsp3) is 0.235. The molecule has 3 rings (SSSR count). The van der Waals surface area contributed by atoms with Gasteiger partial charge in [0.25, 0.3) is 0 Å². The van der Waals surface area contributed by atoms with Gasteiger partial charge in [-0.15, -0.1) is 11.3 Å². The van der Waals surface area contributed by atoms with Crippen molar-refractivity contribution >= 4 is 24.3 Å². The fourth-order valence-corrected chi connectivity index (χ4v) is 3.57. The second-order valence-corrected chi connectivity index (χ2v) is 6.28. The van der Waals surface area contributed by atoms with E-state index in [1.807, 2.05) is 11.3 Å². The molecule has 0 bridgehead atoms. The van der Waals surface area contributed by atoms with Crippen LogP contribution in [0.5, 0.6) is 0 Å². The van der Waals surface area contributed by atoms with E-state index in [9.17, 15) is 0 Å². The zero-order valence-electron chi connectivity index (χ0n) is 12.4. The van der Waals surface area contributed by atoms with Crippen molar-refractivity contribution in [1.29, 1.82) is 0 Å². The molecule has 2 radical (unpaired) electrons. The largest absolute Gasteiger partial charge is 0.280 e. The smallest absolute Gasteiger partial charge is 0.125 e. The molecule has 1 atom stereocenters. The molecule has 0 spiro atoms. The molecule has 0 fully saturated rings. The molecule has 2 heterocycles. The lowest BCUT2D eigenvalue weighted by molar-refractivity contribution is -0.653. The van der Waals surface area contributed by atoms with Crippen molar-refractivity contribution in [2.45, 2.75) is 12.2 Å². The van der Waals surface area contributed by atoms with Gasteiger partial charge in [0.2, 0.25) is 0 Å². The van der Waals surface area contributed by atoms with E-state index in [0.717, 1.165) is 6.32 Å². The van der Waals surface area contributed by atoms with E-state index in [1.165, 1.54) is 16.2 Å². The molecule has 0 saturated carbocycles. The minimum Gasteiger partial charge on any atom is -0.280 e. The average molecular weight is 294 g/mol. The maximum atomic E-state index is 2.33. The monoisotopic (exact) mass is 294 g/mol. The molecule has 0 N–H and O–H groups in total. The van der Waals surface area contributed by atoms with E-state index >= 15 is 0 Å². The number of aryl methyl sites for hydroxylation is 2. The van der Waals surface area contributed by atoms with Crippen LogP contribution in [0.25, 0.3) is 0 Å². The molecule has 1 aromatic carbocycles. The first kappa shape index (κ1) is 14.1. The molecule has 0 aliphatic carbocycles. The van der Waals surface area contributed by atoms with Crippen LogP contribution in [0, 0.1) is 0 Å². The molecular weight excluding hydrogens is 275 g/mol. The van der Waals surface area contributed by atoms with Crippen molar-refractivity contribution in [2.24, 2.45) is 14.1 Å². The van der Waals surface area contributed by atoms with Crippen LogP contribution in [0.2, 0.25) is 6.32 Å². The predicted octanol–water partition coefficient (Wildman–Crippen LogP) is 2.49. The molecule has 21 heavy (non-hydrogen) atoms. The van der Waals surface area contributed by atoms with Gasteiger partial charge in [0, 0.05) is 10.6 Å². The van der Waals surface area contributed by atoms with Gasteiger partial charge in [-0.25, -0.2) is 6.32 Å². The molecule has 3 aromatic rings. The highest BCUT2D eigenvalue weighted by Crippen LogP contribution is 2.31. The maximum absolute atomic E-state index is 2.33. The predicted molar refractivity (Wildman–Crippen MR) is 89.4 cm³/mol. The SMILES string of the molecule is Cn1cc[n+](C)c1[B-]CC(c1ccccc1)c1cccs1. The molecule has 0 aliphatic rings. The number of nitrogens with zero attached hydrogens (tertiary/aromatic N) is 2. The number of thiophene rings is 1. The summed E-state index contributed by atoms with van der Waals surface area (Å²) < 4.78 is 4.33. The summed E-state index contributed by atoms with van der Waals surface area (Å²) in [6.45, 7) is 0. The van der Waals surface area contributed by atoms with Crippen molar-refractivity contribution < 1.29 is 4.57 Å². The normalized spacial score (nSPS) is 12.5. The summed E-state index contributed by atoms with van der Waals surface area (Å²) in [5.74, 6) is 0.432. The third-order valence-corrected chi connectivity index (χ3v) is 4.85. The van der Waals surface area contributed by atoms with Crippen molar-refractivity contribution in [3.05, 3.63) is 70.7 Å². The number of rotatable bonds is 5. The summed E-state index contributed by atoms with van der Waals surface area (Å²) in [5.41, 5.74) is 2.63. The Labute approximate surface area is 130 Å². The Kier molecular flexibility index (Phi) is 4.25. The maximum Gasteiger partial charge on any atom is 0.125 e. The minimum atomic E-state index is 0.432. The molecule has 2 nitrogen and oxygen atoms in total. The van der Waals surface area contributed by atoms with E-state index in [4.69, 9.17) is 0 Å². The molecule has 0 amide bonds.